The van der Waals surface area contributed by atoms with Gasteiger partial charge in [0.2, 0.25) is 0 Å². The molecule has 12 aromatic carbocycles. The van der Waals surface area contributed by atoms with Crippen LogP contribution in [-0.4, -0.2) is 22.4 Å². The van der Waals surface area contributed by atoms with Gasteiger partial charge in [0, 0.05) is 21.8 Å². The minimum Gasteiger partial charge on any atom is -0.0616 e. The number of rotatable bonds is 10. The molecule has 2 aromatic heterocycles. The van der Waals surface area contributed by atoms with Crippen molar-refractivity contribution in [3.05, 3.63) is 297 Å². The normalized spacial score (nSPS) is 11.8. The average Bonchev–Trinajstić information content (AvgIpc) is 4.13. The molecule has 0 fully saturated rings. The average molecular weight is 1040 g/mol. The summed E-state index contributed by atoms with van der Waals surface area (Å²) in [4.78, 5) is 2.37. The number of hydrogen-bond acceptors (Lipinski definition) is 1. The van der Waals surface area contributed by atoms with Crippen LogP contribution in [0.25, 0.3) is 76.9 Å². The summed E-state index contributed by atoms with van der Waals surface area (Å²) in [5.74, 6) is -0.545. The fourth-order valence-electron chi connectivity index (χ4n) is 12.0. The molecule has 6 heteroatoms. The van der Waals surface area contributed by atoms with E-state index >= 15 is 0 Å². The zero-order valence-electron chi connectivity index (χ0n) is 41.2. The van der Waals surface area contributed by atoms with Crippen molar-refractivity contribution in [1.82, 2.24) is 9.13 Å². The Labute approximate surface area is 441 Å². The summed E-state index contributed by atoms with van der Waals surface area (Å²) < 4.78 is 38.9. The van der Waals surface area contributed by atoms with Crippen LogP contribution in [0, 0.1) is 11.6 Å². The molecule has 2 heterocycles. The molecule has 360 valence electrons. The minimum atomic E-state index is -3.48. The van der Waals surface area contributed by atoms with E-state index in [2.05, 4.69) is 251 Å². The standard InChI is InChI=1S/C70H47F2GeN3/c71-51-30-36-57(37-31-51)75-67-25-13-12-24-62(67)64-46-59(40-43-69(64)75)74(66-26-14-16-49-15-10-11-23-61(49)66)60-41-44-70-65(47-60)63-45-50(29-42-68(63)76(70)58-38-32-52(72)33-39-58)48-27-34-56(35-28-48)73(53-17-4-1-5-18-53,54-19-6-2-7-20-54)55-21-8-3-9-22-55/h1-47H. The molecule has 14 rings (SSSR count). The summed E-state index contributed by atoms with van der Waals surface area (Å²) in [7, 11) is 0. The Hall–Kier alpha value is -9.30. The smallest absolute Gasteiger partial charge is 0.0616 e. The topological polar surface area (TPSA) is 13.1 Å². The maximum atomic E-state index is 14.6. The van der Waals surface area contributed by atoms with E-state index < -0.39 is 13.3 Å². The van der Waals surface area contributed by atoms with E-state index in [0.717, 1.165) is 93.9 Å². The second-order valence-electron chi connectivity index (χ2n) is 19.5. The molecule has 0 amide bonds. The number of para-hydroxylation sites is 1. The summed E-state index contributed by atoms with van der Waals surface area (Å²) in [6, 6.07) is 99.8. The first-order valence-electron chi connectivity index (χ1n) is 25.7. The maximum absolute atomic E-state index is 14.6. The molecule has 0 aliphatic rings. The monoisotopic (exact) mass is 1040 g/mol. The van der Waals surface area contributed by atoms with Gasteiger partial charge in [-0.15, -0.1) is 0 Å². The predicted octanol–water partition coefficient (Wildman–Crippen LogP) is 15.8. The molecule has 3 nitrogen and oxygen atoms in total. The number of benzene rings is 12. The number of aromatic nitrogens is 2. The van der Waals surface area contributed by atoms with E-state index in [0.29, 0.717) is 0 Å². The summed E-state index contributed by atoms with van der Waals surface area (Å²) in [5.41, 5.74) is 11.2. The van der Waals surface area contributed by atoms with Crippen molar-refractivity contribution >= 4 is 102 Å². The van der Waals surface area contributed by atoms with Crippen LogP contribution >= 0.6 is 0 Å². The van der Waals surface area contributed by atoms with Crippen molar-refractivity contribution in [2.75, 3.05) is 4.90 Å². The Morgan fingerprint density at radius 1 is 0.289 bits per heavy atom. The molecule has 0 radical (unpaired) electrons. The van der Waals surface area contributed by atoms with Crippen molar-refractivity contribution in [2.45, 2.75) is 0 Å². The molecule has 0 aliphatic heterocycles. The van der Waals surface area contributed by atoms with Crippen molar-refractivity contribution < 1.29 is 8.78 Å². The molecule has 0 unspecified atom stereocenters. The first kappa shape index (κ1) is 45.3. The van der Waals surface area contributed by atoms with Gasteiger partial charge in [-0.3, -0.25) is 0 Å². The predicted molar refractivity (Wildman–Crippen MR) is 316 cm³/mol. The number of nitrogens with zero attached hydrogens (tertiary/aromatic N) is 3. The van der Waals surface area contributed by atoms with Gasteiger partial charge >= 0.3 is 272 Å². The summed E-state index contributed by atoms with van der Waals surface area (Å²) in [6.07, 6.45) is 0. The van der Waals surface area contributed by atoms with Crippen molar-refractivity contribution in [2.24, 2.45) is 0 Å². The Kier molecular flexibility index (Phi) is 11.1. The molecule has 0 spiro atoms. The van der Waals surface area contributed by atoms with Crippen LogP contribution in [0.1, 0.15) is 0 Å². The van der Waals surface area contributed by atoms with Crippen LogP contribution in [0.5, 0.6) is 0 Å². The van der Waals surface area contributed by atoms with Crippen LogP contribution in [0.3, 0.4) is 0 Å². The van der Waals surface area contributed by atoms with E-state index in [1.54, 1.807) is 0 Å². The molecule has 0 bridgehead atoms. The van der Waals surface area contributed by atoms with Crippen LogP contribution in [0.2, 0.25) is 0 Å². The number of fused-ring (bicyclic) bond motifs is 7. The number of halogens is 2. The van der Waals surface area contributed by atoms with Crippen LogP contribution < -0.4 is 22.5 Å². The second kappa shape index (κ2) is 18.6. The van der Waals surface area contributed by atoms with Gasteiger partial charge < -0.3 is 4.57 Å². The Balaban J connectivity index is 0.966. The molecule has 0 N–H and O–H groups in total. The van der Waals surface area contributed by atoms with Crippen molar-refractivity contribution in [3.63, 3.8) is 0 Å². The third-order valence-electron chi connectivity index (χ3n) is 15.4. The van der Waals surface area contributed by atoms with Crippen LogP contribution in [0.15, 0.2) is 285 Å². The van der Waals surface area contributed by atoms with E-state index in [-0.39, 0.29) is 11.6 Å². The first-order valence-corrected chi connectivity index (χ1v) is 29.9. The Morgan fingerprint density at radius 2 is 0.697 bits per heavy atom. The van der Waals surface area contributed by atoms with Gasteiger partial charge in [-0.05, 0) is 60.0 Å². The molecule has 0 aliphatic carbocycles. The number of anilines is 3. The van der Waals surface area contributed by atoms with E-state index in [4.69, 9.17) is 0 Å². The SMILES string of the molecule is Fc1ccc(-n2c3ccccc3c3cc(N(c4ccc5c(c4)c4cc(-c6cc[c]([Ge]([c]7ccccc7)([c]7ccccc7)[c]7ccccc7)cc6)ccc4n5-c4ccc(F)cc4)c4cccc5ccccc45)ccc32)cc1. The van der Waals surface area contributed by atoms with Crippen molar-refractivity contribution in [1.29, 1.82) is 0 Å². The molecule has 0 atom stereocenters. The molecule has 0 saturated carbocycles. The van der Waals surface area contributed by atoms with E-state index in [9.17, 15) is 8.78 Å². The first-order chi connectivity index (χ1) is 37.5. The molecular weight excluding hydrogens is 993 g/mol. The Morgan fingerprint density at radius 3 is 1.25 bits per heavy atom. The molecular formula is C70H47F2GeN3. The third kappa shape index (κ3) is 7.45. The van der Waals surface area contributed by atoms with Gasteiger partial charge in [0.1, 0.15) is 11.6 Å². The summed E-state index contributed by atoms with van der Waals surface area (Å²) >= 11 is -3.48. The molecule has 14 aromatic rings. The van der Waals surface area contributed by atoms with E-state index in [1.807, 2.05) is 24.3 Å². The Bertz CT molecular complexity index is 4350. The summed E-state index contributed by atoms with van der Waals surface area (Å²) in [6.45, 7) is 0. The van der Waals surface area contributed by atoms with Gasteiger partial charge in [-0.1, -0.05) is 54.6 Å². The van der Waals surface area contributed by atoms with Crippen LogP contribution in [0.4, 0.5) is 25.8 Å². The zero-order chi connectivity index (χ0) is 50.7. The van der Waals surface area contributed by atoms with E-state index in [1.165, 1.54) is 41.8 Å². The fourth-order valence-corrected chi connectivity index (χ4v) is 21.9. The van der Waals surface area contributed by atoms with Crippen LogP contribution in [-0.2, 0) is 0 Å². The third-order valence-corrected chi connectivity index (χ3v) is 25.4. The second-order valence-corrected chi connectivity index (χ2v) is 27.5. The minimum absolute atomic E-state index is 0.268. The quantitative estimate of drug-likeness (QED) is 0.124. The summed E-state index contributed by atoms with van der Waals surface area (Å²) in [5, 5.41) is 6.61. The zero-order valence-corrected chi connectivity index (χ0v) is 43.3. The van der Waals surface area contributed by atoms with Gasteiger partial charge in [0.25, 0.3) is 0 Å². The van der Waals surface area contributed by atoms with Gasteiger partial charge in [-0.25, -0.2) is 8.78 Å². The van der Waals surface area contributed by atoms with Gasteiger partial charge in [0.15, 0.2) is 0 Å². The number of hydrogen-bond donors (Lipinski definition) is 0. The van der Waals surface area contributed by atoms with Gasteiger partial charge in [0.05, 0.1) is 11.0 Å². The fraction of sp³-hybridized carbons (Fsp3) is 0. The molecule has 76 heavy (non-hydrogen) atoms. The van der Waals surface area contributed by atoms with Gasteiger partial charge in [-0.2, -0.15) is 0 Å². The van der Waals surface area contributed by atoms with Crippen molar-refractivity contribution in [3.8, 4) is 22.5 Å². The molecule has 0 saturated heterocycles.